The summed E-state index contributed by atoms with van der Waals surface area (Å²) in [5.41, 5.74) is 1.65. The molecule has 0 N–H and O–H groups in total. The lowest BCUT2D eigenvalue weighted by Crippen LogP contribution is -2.49. The smallest absolute Gasteiger partial charge is 0.246 e. The summed E-state index contributed by atoms with van der Waals surface area (Å²) < 4.78 is 34.2. The van der Waals surface area contributed by atoms with Crippen molar-refractivity contribution in [3.63, 3.8) is 0 Å². The Labute approximate surface area is 190 Å². The van der Waals surface area contributed by atoms with Gasteiger partial charge in [0.2, 0.25) is 10.0 Å². The van der Waals surface area contributed by atoms with Crippen LogP contribution in [0.15, 0.2) is 64.2 Å². The SMILES string of the molecule is CCOc1ccc(Br)cc1S(=O)(=O)N1CCN(c2ccc(-c3cccnc3)nn2)CC1. The standard InChI is InChI=1S/C21H22BrN5O3S/c1-2-30-19-7-5-17(22)14-20(19)31(28,29)27-12-10-26(11-13-27)21-8-6-18(24-25-21)16-4-3-9-23-15-16/h3-9,14-15H,2,10-13H2,1H3. The highest BCUT2D eigenvalue weighted by atomic mass is 79.9. The molecule has 8 nitrogen and oxygen atoms in total. The van der Waals surface area contributed by atoms with Crippen LogP contribution < -0.4 is 9.64 Å². The van der Waals surface area contributed by atoms with Gasteiger partial charge in [0.1, 0.15) is 10.6 Å². The van der Waals surface area contributed by atoms with Gasteiger partial charge in [-0.15, -0.1) is 10.2 Å². The normalized spacial score (nSPS) is 15.1. The molecule has 0 amide bonds. The number of rotatable bonds is 6. The fraction of sp³-hybridized carbons (Fsp3) is 0.286. The molecule has 3 heterocycles. The van der Waals surface area contributed by atoms with E-state index >= 15 is 0 Å². The maximum absolute atomic E-state index is 13.3. The number of hydrogen-bond acceptors (Lipinski definition) is 7. The first-order chi connectivity index (χ1) is 15.0. The van der Waals surface area contributed by atoms with Gasteiger partial charge in [0, 0.05) is 48.6 Å². The zero-order valence-corrected chi connectivity index (χ0v) is 19.4. The highest BCUT2D eigenvalue weighted by Gasteiger charge is 2.31. The Kier molecular flexibility index (Phi) is 6.49. The van der Waals surface area contributed by atoms with Crippen molar-refractivity contribution in [1.82, 2.24) is 19.5 Å². The third-order valence-corrected chi connectivity index (χ3v) is 7.41. The molecule has 0 spiro atoms. The predicted molar refractivity (Wildman–Crippen MR) is 122 cm³/mol. The van der Waals surface area contributed by atoms with E-state index in [1.165, 1.54) is 4.31 Å². The second-order valence-corrected chi connectivity index (χ2v) is 9.76. The van der Waals surface area contributed by atoms with Crippen molar-refractivity contribution in [2.45, 2.75) is 11.8 Å². The first-order valence-electron chi connectivity index (χ1n) is 9.90. The largest absolute Gasteiger partial charge is 0.492 e. The number of anilines is 1. The number of benzene rings is 1. The number of hydrogen-bond donors (Lipinski definition) is 0. The fourth-order valence-electron chi connectivity index (χ4n) is 3.42. The number of piperazine rings is 1. The summed E-state index contributed by atoms with van der Waals surface area (Å²) in [4.78, 5) is 6.32. The monoisotopic (exact) mass is 503 g/mol. The van der Waals surface area contributed by atoms with Gasteiger partial charge in [-0.1, -0.05) is 15.9 Å². The van der Waals surface area contributed by atoms with E-state index in [1.807, 2.05) is 36.1 Å². The van der Waals surface area contributed by atoms with Crippen molar-refractivity contribution in [2.75, 3.05) is 37.7 Å². The maximum Gasteiger partial charge on any atom is 0.246 e. The lowest BCUT2D eigenvalue weighted by Gasteiger charge is -2.34. The zero-order valence-electron chi connectivity index (χ0n) is 17.0. The van der Waals surface area contributed by atoms with Gasteiger partial charge in [-0.3, -0.25) is 4.98 Å². The molecule has 0 bridgehead atoms. The van der Waals surface area contributed by atoms with E-state index in [9.17, 15) is 8.42 Å². The van der Waals surface area contributed by atoms with Crippen LogP contribution in [-0.4, -0.2) is 60.7 Å². The summed E-state index contributed by atoms with van der Waals surface area (Å²) in [7, 11) is -3.68. The molecule has 10 heteroatoms. The second-order valence-electron chi connectivity index (χ2n) is 6.93. The van der Waals surface area contributed by atoms with Crippen molar-refractivity contribution in [2.24, 2.45) is 0 Å². The average molecular weight is 504 g/mol. The summed E-state index contributed by atoms with van der Waals surface area (Å²) in [5.74, 6) is 1.09. The van der Waals surface area contributed by atoms with Crippen LogP contribution in [0.5, 0.6) is 5.75 Å². The van der Waals surface area contributed by atoms with Crippen LogP contribution in [0.1, 0.15) is 6.92 Å². The third-order valence-electron chi connectivity index (χ3n) is 4.99. The third kappa shape index (κ3) is 4.70. The lowest BCUT2D eigenvalue weighted by molar-refractivity contribution is 0.327. The molecule has 1 fully saturated rings. The fourth-order valence-corrected chi connectivity index (χ4v) is 5.51. The van der Waals surface area contributed by atoms with Crippen molar-refractivity contribution >= 4 is 31.8 Å². The van der Waals surface area contributed by atoms with Gasteiger partial charge in [-0.25, -0.2) is 8.42 Å². The van der Waals surface area contributed by atoms with Crippen molar-refractivity contribution < 1.29 is 13.2 Å². The van der Waals surface area contributed by atoms with Crippen LogP contribution in [0.25, 0.3) is 11.3 Å². The van der Waals surface area contributed by atoms with Gasteiger partial charge in [-0.05, 0) is 49.4 Å². The molecule has 31 heavy (non-hydrogen) atoms. The Balaban J connectivity index is 1.47. The van der Waals surface area contributed by atoms with Crippen LogP contribution >= 0.6 is 15.9 Å². The summed E-state index contributed by atoms with van der Waals surface area (Å²) in [6.07, 6.45) is 3.45. The van der Waals surface area contributed by atoms with Crippen molar-refractivity contribution in [1.29, 1.82) is 0 Å². The highest BCUT2D eigenvalue weighted by Crippen LogP contribution is 2.31. The van der Waals surface area contributed by atoms with Crippen molar-refractivity contribution in [3.05, 3.63) is 59.3 Å². The van der Waals surface area contributed by atoms with Crippen LogP contribution in [0.2, 0.25) is 0 Å². The summed E-state index contributed by atoms with van der Waals surface area (Å²) >= 11 is 3.36. The van der Waals surface area contributed by atoms with Gasteiger partial charge >= 0.3 is 0 Å². The molecule has 0 saturated carbocycles. The maximum atomic E-state index is 13.3. The Morgan fingerprint density at radius 1 is 1.06 bits per heavy atom. The molecule has 0 atom stereocenters. The van der Waals surface area contributed by atoms with E-state index in [1.54, 1.807) is 30.6 Å². The molecular formula is C21H22BrN5O3S. The van der Waals surface area contributed by atoms with Crippen LogP contribution in [0.3, 0.4) is 0 Å². The van der Waals surface area contributed by atoms with E-state index in [-0.39, 0.29) is 4.90 Å². The van der Waals surface area contributed by atoms with E-state index in [4.69, 9.17) is 4.74 Å². The minimum absolute atomic E-state index is 0.179. The second kappa shape index (κ2) is 9.29. The molecular weight excluding hydrogens is 482 g/mol. The van der Waals surface area contributed by atoms with Gasteiger partial charge in [-0.2, -0.15) is 4.31 Å². The topological polar surface area (TPSA) is 88.5 Å². The number of sulfonamides is 1. The van der Waals surface area contributed by atoms with E-state index in [0.29, 0.717) is 43.0 Å². The Morgan fingerprint density at radius 3 is 2.52 bits per heavy atom. The highest BCUT2D eigenvalue weighted by molar-refractivity contribution is 9.10. The Bertz CT molecular complexity index is 1140. The molecule has 1 aliphatic rings. The first kappa shape index (κ1) is 21.7. The number of pyridine rings is 1. The molecule has 1 aliphatic heterocycles. The number of halogens is 1. The lowest BCUT2D eigenvalue weighted by atomic mass is 10.2. The minimum atomic E-state index is -3.68. The quantitative estimate of drug-likeness (QED) is 0.510. The molecule has 1 aromatic carbocycles. The van der Waals surface area contributed by atoms with Crippen LogP contribution in [0, 0.1) is 0 Å². The van der Waals surface area contributed by atoms with Gasteiger partial charge in [0.25, 0.3) is 0 Å². The number of ether oxygens (including phenoxy) is 1. The first-order valence-corrected chi connectivity index (χ1v) is 12.1. The number of nitrogens with zero attached hydrogens (tertiary/aromatic N) is 5. The Hall–Kier alpha value is -2.56. The van der Waals surface area contributed by atoms with E-state index in [0.717, 1.165) is 17.1 Å². The zero-order chi connectivity index (χ0) is 21.8. The molecule has 2 aromatic heterocycles. The van der Waals surface area contributed by atoms with Crippen molar-refractivity contribution in [3.8, 4) is 17.0 Å². The van der Waals surface area contributed by atoms with Crippen LogP contribution in [-0.2, 0) is 10.0 Å². The van der Waals surface area contributed by atoms with E-state index < -0.39 is 10.0 Å². The predicted octanol–water partition coefficient (Wildman–Crippen LogP) is 3.21. The molecule has 162 valence electrons. The summed E-state index contributed by atoms with van der Waals surface area (Å²) in [6, 6.07) is 12.6. The molecule has 0 unspecified atom stereocenters. The summed E-state index contributed by atoms with van der Waals surface area (Å²) in [6.45, 7) is 3.98. The number of aromatic nitrogens is 3. The molecule has 1 saturated heterocycles. The summed E-state index contributed by atoms with van der Waals surface area (Å²) in [5, 5.41) is 8.62. The minimum Gasteiger partial charge on any atom is -0.492 e. The molecule has 0 aliphatic carbocycles. The van der Waals surface area contributed by atoms with Gasteiger partial charge in [0.05, 0.1) is 12.3 Å². The molecule has 0 radical (unpaired) electrons. The molecule has 3 aromatic rings. The van der Waals surface area contributed by atoms with Crippen LogP contribution in [0.4, 0.5) is 5.82 Å². The molecule has 4 rings (SSSR count). The Morgan fingerprint density at radius 2 is 1.87 bits per heavy atom. The average Bonchev–Trinajstić information content (AvgIpc) is 2.81. The van der Waals surface area contributed by atoms with Gasteiger partial charge < -0.3 is 9.64 Å². The van der Waals surface area contributed by atoms with Gasteiger partial charge in [0.15, 0.2) is 5.82 Å². The van der Waals surface area contributed by atoms with E-state index in [2.05, 4.69) is 31.1 Å².